The topological polar surface area (TPSA) is 82.0 Å². The minimum Gasteiger partial charge on any atom is -0.508 e. The number of carbonyl (C=O) groups is 1. The predicted molar refractivity (Wildman–Crippen MR) is 158 cm³/mol. The van der Waals surface area contributed by atoms with Crippen LogP contribution in [0.4, 0.5) is 15.9 Å². The van der Waals surface area contributed by atoms with Crippen molar-refractivity contribution in [2.24, 2.45) is 5.92 Å². The van der Waals surface area contributed by atoms with Crippen molar-refractivity contribution < 1.29 is 19.0 Å². The number of nitrogens with zero attached hydrogens (tertiary/aromatic N) is 5. The summed E-state index contributed by atoms with van der Waals surface area (Å²) >= 11 is 0. The summed E-state index contributed by atoms with van der Waals surface area (Å²) in [5, 5.41) is 12.5. The average Bonchev–Trinajstić information content (AvgIpc) is 2.99. The van der Waals surface area contributed by atoms with Crippen LogP contribution in [-0.2, 0) is 17.8 Å². The number of alkyl halides is 1. The first kappa shape index (κ1) is 27.3. The Labute approximate surface area is 240 Å². The van der Waals surface area contributed by atoms with E-state index in [4.69, 9.17) is 14.7 Å². The number of phenolic OH excluding ortho intramolecular Hbond substituents is 1. The Morgan fingerprint density at radius 3 is 2.73 bits per heavy atom. The smallest absolute Gasteiger partial charge is 0.318 e. The Morgan fingerprint density at radius 1 is 1.10 bits per heavy atom. The van der Waals surface area contributed by atoms with Crippen molar-refractivity contribution in [2.75, 3.05) is 49.1 Å². The molecular weight excluding hydrogens is 521 g/mol. The zero-order valence-corrected chi connectivity index (χ0v) is 23.5. The van der Waals surface area contributed by atoms with Crippen molar-refractivity contribution >= 4 is 28.2 Å². The third kappa shape index (κ3) is 5.94. The lowest BCUT2D eigenvalue weighted by atomic mass is 9.86. The summed E-state index contributed by atoms with van der Waals surface area (Å²) in [4.78, 5) is 28.2. The molecule has 8 nitrogen and oxygen atoms in total. The molecular formula is C32H38FN5O3. The van der Waals surface area contributed by atoms with Gasteiger partial charge in [0.1, 0.15) is 17.7 Å². The van der Waals surface area contributed by atoms with Gasteiger partial charge >= 0.3 is 6.01 Å². The number of anilines is 2. The first-order chi connectivity index (χ1) is 20.0. The van der Waals surface area contributed by atoms with Gasteiger partial charge in [-0.3, -0.25) is 4.79 Å². The minimum atomic E-state index is -0.702. The number of aromatic hydroxyl groups is 1. The van der Waals surface area contributed by atoms with Gasteiger partial charge in [0.15, 0.2) is 0 Å². The number of carbonyl (C=O) groups excluding carboxylic acids is 1. The number of aromatic nitrogens is 2. The quantitative estimate of drug-likeness (QED) is 0.407. The molecule has 2 aromatic carbocycles. The van der Waals surface area contributed by atoms with Gasteiger partial charge in [-0.2, -0.15) is 9.97 Å². The molecule has 1 N–H and O–H groups in total. The molecule has 1 amide bonds. The van der Waals surface area contributed by atoms with Gasteiger partial charge in [-0.1, -0.05) is 43.7 Å². The molecule has 3 heterocycles. The van der Waals surface area contributed by atoms with Gasteiger partial charge in [0.2, 0.25) is 5.91 Å². The molecule has 3 aromatic rings. The van der Waals surface area contributed by atoms with Crippen molar-refractivity contribution in [3.63, 3.8) is 0 Å². The monoisotopic (exact) mass is 559 g/mol. The highest BCUT2D eigenvalue weighted by Crippen LogP contribution is 2.36. The SMILES string of the molecule is C=CC(=O)N1CCN(c2nc(OCCC3CCC[C@@H](F)C3)nc3c2CCN(c2cc(O)cc4ccccc24)C3)CC1. The van der Waals surface area contributed by atoms with Crippen LogP contribution in [0.15, 0.2) is 49.1 Å². The van der Waals surface area contributed by atoms with Crippen LogP contribution in [0.25, 0.3) is 10.8 Å². The van der Waals surface area contributed by atoms with Gasteiger partial charge < -0.3 is 24.5 Å². The van der Waals surface area contributed by atoms with Gasteiger partial charge in [-0.15, -0.1) is 0 Å². The summed E-state index contributed by atoms with van der Waals surface area (Å²) in [5.41, 5.74) is 2.99. The van der Waals surface area contributed by atoms with Gasteiger partial charge in [-0.25, -0.2) is 4.39 Å². The van der Waals surface area contributed by atoms with Crippen LogP contribution in [0, 0.1) is 5.92 Å². The zero-order chi connectivity index (χ0) is 28.3. The molecule has 2 atom stereocenters. The molecule has 216 valence electrons. The van der Waals surface area contributed by atoms with E-state index in [1.54, 1.807) is 6.07 Å². The van der Waals surface area contributed by atoms with E-state index in [0.717, 1.165) is 65.8 Å². The molecule has 1 unspecified atom stereocenters. The molecule has 2 fully saturated rings. The lowest BCUT2D eigenvalue weighted by Crippen LogP contribution is -2.49. The molecule has 41 heavy (non-hydrogen) atoms. The van der Waals surface area contributed by atoms with Crippen LogP contribution < -0.4 is 14.5 Å². The summed E-state index contributed by atoms with van der Waals surface area (Å²) in [6.45, 7) is 7.95. The number of hydrogen-bond acceptors (Lipinski definition) is 7. The van der Waals surface area contributed by atoms with E-state index in [1.807, 2.05) is 29.2 Å². The van der Waals surface area contributed by atoms with Crippen molar-refractivity contribution in [1.82, 2.24) is 14.9 Å². The molecule has 6 rings (SSSR count). The third-order valence-electron chi connectivity index (χ3n) is 8.73. The Kier molecular flexibility index (Phi) is 7.94. The van der Waals surface area contributed by atoms with Gasteiger partial charge in [0.25, 0.3) is 0 Å². The number of phenols is 1. The minimum absolute atomic E-state index is 0.0504. The number of hydrogen-bond donors (Lipinski definition) is 1. The van der Waals surface area contributed by atoms with Crippen LogP contribution in [0.1, 0.15) is 43.4 Å². The lowest BCUT2D eigenvalue weighted by Gasteiger charge is -2.38. The van der Waals surface area contributed by atoms with Gasteiger partial charge in [0.05, 0.1) is 18.8 Å². The first-order valence-corrected chi connectivity index (χ1v) is 14.8. The normalized spacial score (nSPS) is 21.0. The van der Waals surface area contributed by atoms with Crippen molar-refractivity contribution in [2.45, 2.75) is 51.2 Å². The molecule has 0 spiro atoms. The molecule has 1 aromatic heterocycles. The number of halogens is 1. The molecule has 9 heteroatoms. The Hall–Kier alpha value is -3.88. The Balaban J connectivity index is 1.26. The number of benzene rings is 2. The number of piperazine rings is 1. The van der Waals surface area contributed by atoms with E-state index in [-0.39, 0.29) is 11.7 Å². The van der Waals surface area contributed by atoms with E-state index in [2.05, 4.69) is 22.4 Å². The van der Waals surface area contributed by atoms with E-state index in [9.17, 15) is 14.3 Å². The summed E-state index contributed by atoms with van der Waals surface area (Å²) < 4.78 is 20.1. The number of ether oxygens (including phenoxy) is 1. The number of fused-ring (bicyclic) bond motifs is 2. The summed E-state index contributed by atoms with van der Waals surface area (Å²) in [6, 6.07) is 12.0. The van der Waals surface area contributed by atoms with Crippen molar-refractivity contribution in [3.8, 4) is 11.8 Å². The Morgan fingerprint density at radius 2 is 1.93 bits per heavy atom. The van der Waals surface area contributed by atoms with Crippen LogP contribution in [0.2, 0.25) is 0 Å². The summed E-state index contributed by atoms with van der Waals surface area (Å²) in [5.74, 6) is 1.39. The standard InChI is InChI=1S/C32H38FN5O3/c1-2-30(40)36-13-15-37(16-14-36)31-27-10-12-38(29-20-25(39)19-23-7-3-4-9-26(23)29)21-28(27)34-32(35-31)41-17-11-22-6-5-8-24(33)18-22/h2-4,7,9,19-20,22,24,39H,1,5-6,8,10-18,21H2/t22?,24-/m1/s1. The molecule has 0 radical (unpaired) electrons. The second kappa shape index (κ2) is 11.9. The number of rotatable bonds is 7. The second-order valence-electron chi connectivity index (χ2n) is 11.4. The largest absolute Gasteiger partial charge is 0.508 e. The summed E-state index contributed by atoms with van der Waals surface area (Å²) in [7, 11) is 0. The third-order valence-corrected chi connectivity index (χ3v) is 8.73. The van der Waals surface area contributed by atoms with Crippen LogP contribution in [0.5, 0.6) is 11.8 Å². The molecule has 1 saturated carbocycles. The fourth-order valence-electron chi connectivity index (χ4n) is 6.53. The molecule has 1 saturated heterocycles. The van der Waals surface area contributed by atoms with E-state index in [1.165, 1.54) is 6.08 Å². The van der Waals surface area contributed by atoms with Gasteiger partial charge in [-0.05, 0) is 49.1 Å². The highest BCUT2D eigenvalue weighted by Gasteiger charge is 2.29. The molecule has 1 aliphatic carbocycles. The average molecular weight is 560 g/mol. The Bertz CT molecular complexity index is 1420. The highest BCUT2D eigenvalue weighted by atomic mass is 19.1. The van der Waals surface area contributed by atoms with Crippen LogP contribution in [0.3, 0.4) is 0 Å². The zero-order valence-electron chi connectivity index (χ0n) is 23.5. The van der Waals surface area contributed by atoms with E-state index >= 15 is 0 Å². The van der Waals surface area contributed by atoms with E-state index in [0.29, 0.717) is 64.1 Å². The molecule has 2 aliphatic heterocycles. The van der Waals surface area contributed by atoms with Crippen LogP contribution >= 0.6 is 0 Å². The first-order valence-electron chi connectivity index (χ1n) is 14.8. The highest BCUT2D eigenvalue weighted by molar-refractivity contribution is 5.95. The van der Waals surface area contributed by atoms with Crippen molar-refractivity contribution in [1.29, 1.82) is 0 Å². The summed E-state index contributed by atoms with van der Waals surface area (Å²) in [6.07, 6.45) is 5.47. The maximum atomic E-state index is 13.9. The second-order valence-corrected chi connectivity index (χ2v) is 11.4. The van der Waals surface area contributed by atoms with Crippen molar-refractivity contribution in [3.05, 3.63) is 60.3 Å². The molecule has 3 aliphatic rings. The molecule has 0 bridgehead atoms. The lowest BCUT2D eigenvalue weighted by molar-refractivity contribution is -0.126. The predicted octanol–water partition coefficient (Wildman–Crippen LogP) is 5.03. The number of amides is 1. The van der Waals surface area contributed by atoms with E-state index < -0.39 is 6.17 Å². The van der Waals surface area contributed by atoms with Crippen LogP contribution in [-0.4, -0.2) is 71.4 Å². The maximum absolute atomic E-state index is 13.9. The fourth-order valence-corrected chi connectivity index (χ4v) is 6.53. The maximum Gasteiger partial charge on any atom is 0.318 e. The van der Waals surface area contributed by atoms with Gasteiger partial charge in [0, 0.05) is 55.4 Å². The fraction of sp³-hybridized carbons (Fsp3) is 0.469.